The Morgan fingerprint density at radius 1 is 1.38 bits per heavy atom. The predicted octanol–water partition coefficient (Wildman–Crippen LogP) is 2.77. The fourth-order valence-corrected chi connectivity index (χ4v) is 5.11. The minimum Gasteiger partial charge on any atom is -0.323 e. The second-order valence-corrected chi connectivity index (χ2v) is 8.59. The van der Waals surface area contributed by atoms with Crippen LogP contribution in [-0.2, 0) is 30.2 Å². The molecular formula is C14H18N2O2S3. The Balaban J connectivity index is 2.11. The van der Waals surface area contributed by atoms with Crippen LogP contribution in [0.1, 0.15) is 30.2 Å². The fraction of sp³-hybridized carbons (Fsp3) is 0.571. The van der Waals surface area contributed by atoms with Crippen LogP contribution in [0, 0.1) is 4.77 Å². The maximum absolute atomic E-state index is 12.8. The summed E-state index contributed by atoms with van der Waals surface area (Å²) in [7, 11) is -0.887. The Morgan fingerprint density at radius 2 is 2.14 bits per heavy atom. The zero-order valence-corrected chi connectivity index (χ0v) is 14.4. The number of nitrogens with one attached hydrogen (secondary N) is 1. The summed E-state index contributed by atoms with van der Waals surface area (Å²) in [6.45, 7) is 2.31. The summed E-state index contributed by atoms with van der Waals surface area (Å²) in [4.78, 5) is 18.2. The molecule has 2 aromatic rings. The summed E-state index contributed by atoms with van der Waals surface area (Å²) in [6, 6.07) is 0. The van der Waals surface area contributed by atoms with Crippen molar-refractivity contribution < 1.29 is 4.21 Å². The molecule has 1 N–H and O–H groups in total. The maximum atomic E-state index is 12.8. The summed E-state index contributed by atoms with van der Waals surface area (Å²) < 4.78 is 13.6. The van der Waals surface area contributed by atoms with Crippen molar-refractivity contribution in [1.29, 1.82) is 0 Å². The highest BCUT2D eigenvalue weighted by Crippen LogP contribution is 2.33. The van der Waals surface area contributed by atoms with Crippen LogP contribution in [0.4, 0.5) is 0 Å². The lowest BCUT2D eigenvalue weighted by atomic mass is 9.97. The van der Waals surface area contributed by atoms with Gasteiger partial charge < -0.3 is 4.98 Å². The first kappa shape index (κ1) is 15.1. The summed E-state index contributed by atoms with van der Waals surface area (Å²) in [5, 5.41) is 0.811. The number of H-pyrrole nitrogens is 1. The van der Waals surface area contributed by atoms with Gasteiger partial charge in [-0.25, -0.2) is 0 Å². The van der Waals surface area contributed by atoms with Gasteiger partial charge in [0.05, 0.1) is 5.39 Å². The first-order valence-corrected chi connectivity index (χ1v) is 9.95. The first-order valence-electron chi connectivity index (χ1n) is 7.24. The molecular weight excluding hydrogens is 324 g/mol. The SMILES string of the molecule is CCS(=O)CCn1c(=S)[nH]c2sc3c(c2c1=O)CCCC3. The molecule has 3 rings (SSSR count). The van der Waals surface area contributed by atoms with E-state index in [-0.39, 0.29) is 5.56 Å². The van der Waals surface area contributed by atoms with E-state index in [9.17, 15) is 9.00 Å². The molecule has 4 nitrogen and oxygen atoms in total. The zero-order chi connectivity index (χ0) is 15.0. The van der Waals surface area contributed by atoms with Gasteiger partial charge in [-0.1, -0.05) is 6.92 Å². The summed E-state index contributed by atoms with van der Waals surface area (Å²) in [5.41, 5.74) is 1.20. The average Bonchev–Trinajstić information content (AvgIpc) is 2.84. The van der Waals surface area contributed by atoms with Crippen LogP contribution < -0.4 is 5.56 Å². The lowest BCUT2D eigenvalue weighted by Crippen LogP contribution is -2.25. The van der Waals surface area contributed by atoms with E-state index in [2.05, 4.69) is 4.98 Å². The molecule has 1 unspecified atom stereocenters. The molecule has 7 heteroatoms. The highest BCUT2D eigenvalue weighted by molar-refractivity contribution is 7.84. The molecule has 0 saturated heterocycles. The highest BCUT2D eigenvalue weighted by atomic mass is 32.2. The van der Waals surface area contributed by atoms with E-state index in [0.717, 1.165) is 29.5 Å². The Bertz CT molecular complexity index is 816. The summed E-state index contributed by atoms with van der Waals surface area (Å²) in [5.74, 6) is 1.09. The molecule has 2 aromatic heterocycles. The second-order valence-electron chi connectivity index (χ2n) is 5.23. The molecule has 0 saturated carbocycles. The van der Waals surface area contributed by atoms with Crippen molar-refractivity contribution in [2.75, 3.05) is 11.5 Å². The van der Waals surface area contributed by atoms with Gasteiger partial charge in [0.15, 0.2) is 4.77 Å². The number of nitrogens with zero attached hydrogens (tertiary/aromatic N) is 1. The molecule has 114 valence electrons. The fourth-order valence-electron chi connectivity index (χ4n) is 2.81. The van der Waals surface area contributed by atoms with Gasteiger partial charge in [0.1, 0.15) is 4.83 Å². The second kappa shape index (κ2) is 6.14. The molecule has 1 aliphatic rings. The van der Waals surface area contributed by atoms with Gasteiger partial charge in [-0.2, -0.15) is 0 Å². The Labute approximate surface area is 134 Å². The Hall–Kier alpha value is -0.790. The number of hydrogen-bond donors (Lipinski definition) is 1. The van der Waals surface area contributed by atoms with Gasteiger partial charge in [0.2, 0.25) is 0 Å². The van der Waals surface area contributed by atoms with E-state index in [4.69, 9.17) is 12.2 Å². The minimum atomic E-state index is -0.887. The highest BCUT2D eigenvalue weighted by Gasteiger charge is 2.20. The van der Waals surface area contributed by atoms with Crippen molar-refractivity contribution in [3.05, 3.63) is 25.6 Å². The lowest BCUT2D eigenvalue weighted by molar-refractivity contribution is 0.664. The molecule has 0 amide bonds. The van der Waals surface area contributed by atoms with Crippen molar-refractivity contribution in [2.24, 2.45) is 0 Å². The third kappa shape index (κ3) is 2.78. The molecule has 2 heterocycles. The number of aromatic nitrogens is 2. The lowest BCUT2D eigenvalue weighted by Gasteiger charge is -2.10. The molecule has 0 fully saturated rings. The molecule has 0 aromatic carbocycles. The number of fused-ring (bicyclic) bond motifs is 3. The van der Waals surface area contributed by atoms with Gasteiger partial charge in [-0.15, -0.1) is 11.3 Å². The largest absolute Gasteiger partial charge is 0.323 e. The maximum Gasteiger partial charge on any atom is 0.263 e. The first-order chi connectivity index (χ1) is 10.1. The van der Waals surface area contributed by atoms with Crippen molar-refractivity contribution in [3.63, 3.8) is 0 Å². The van der Waals surface area contributed by atoms with Gasteiger partial charge in [-0.05, 0) is 43.5 Å². The molecule has 0 radical (unpaired) electrons. The topological polar surface area (TPSA) is 54.9 Å². The molecule has 1 aliphatic carbocycles. The molecule has 1 atom stereocenters. The van der Waals surface area contributed by atoms with Crippen LogP contribution in [0.25, 0.3) is 10.2 Å². The van der Waals surface area contributed by atoms with Crippen LogP contribution in [0.3, 0.4) is 0 Å². The minimum absolute atomic E-state index is 0.0127. The standard InChI is InChI=1S/C14H18N2O2S3/c1-2-21(18)8-7-16-13(17)11-9-5-3-4-6-10(9)20-12(11)15-14(16)19/h2-8H2,1H3,(H,15,19). The van der Waals surface area contributed by atoms with Crippen LogP contribution in [0.5, 0.6) is 0 Å². The molecule has 0 aliphatic heterocycles. The molecule has 21 heavy (non-hydrogen) atoms. The quantitative estimate of drug-likeness (QED) is 0.869. The number of thiophene rings is 1. The van der Waals surface area contributed by atoms with Gasteiger partial charge in [-0.3, -0.25) is 13.6 Å². The van der Waals surface area contributed by atoms with E-state index in [1.165, 1.54) is 16.9 Å². The van der Waals surface area contributed by atoms with Crippen molar-refractivity contribution in [2.45, 2.75) is 39.2 Å². The van der Waals surface area contributed by atoms with Crippen LogP contribution >= 0.6 is 23.6 Å². The smallest absolute Gasteiger partial charge is 0.263 e. The third-order valence-corrected chi connectivity index (χ3v) is 6.77. The monoisotopic (exact) mass is 342 g/mol. The average molecular weight is 343 g/mol. The van der Waals surface area contributed by atoms with Crippen molar-refractivity contribution in [3.8, 4) is 0 Å². The van der Waals surface area contributed by atoms with Crippen LogP contribution in [0.2, 0.25) is 0 Å². The van der Waals surface area contributed by atoms with Crippen molar-refractivity contribution in [1.82, 2.24) is 9.55 Å². The van der Waals surface area contributed by atoms with E-state index in [0.29, 0.717) is 22.8 Å². The number of aromatic amines is 1. The molecule has 0 bridgehead atoms. The third-order valence-electron chi connectivity index (χ3n) is 3.96. The van der Waals surface area contributed by atoms with Crippen molar-refractivity contribution >= 4 is 44.6 Å². The van der Waals surface area contributed by atoms with E-state index in [1.54, 1.807) is 15.9 Å². The normalized spacial score (nSPS) is 16.0. The number of aryl methyl sites for hydroxylation is 2. The van der Waals surface area contributed by atoms with E-state index < -0.39 is 10.8 Å². The number of rotatable bonds is 4. The zero-order valence-electron chi connectivity index (χ0n) is 11.9. The van der Waals surface area contributed by atoms with Crippen LogP contribution in [-0.4, -0.2) is 25.3 Å². The van der Waals surface area contributed by atoms with Gasteiger partial charge in [0, 0.05) is 33.7 Å². The van der Waals surface area contributed by atoms with E-state index >= 15 is 0 Å². The predicted molar refractivity (Wildman–Crippen MR) is 91.5 cm³/mol. The van der Waals surface area contributed by atoms with Gasteiger partial charge in [0.25, 0.3) is 5.56 Å². The van der Waals surface area contributed by atoms with E-state index in [1.807, 2.05) is 6.92 Å². The Kier molecular flexibility index (Phi) is 4.42. The number of hydrogen-bond acceptors (Lipinski definition) is 4. The Morgan fingerprint density at radius 3 is 2.90 bits per heavy atom. The van der Waals surface area contributed by atoms with Crippen LogP contribution in [0.15, 0.2) is 4.79 Å². The summed E-state index contributed by atoms with van der Waals surface area (Å²) >= 11 is 6.98. The molecule has 0 spiro atoms. The summed E-state index contributed by atoms with van der Waals surface area (Å²) in [6.07, 6.45) is 4.39. The van der Waals surface area contributed by atoms with Gasteiger partial charge >= 0.3 is 0 Å².